The van der Waals surface area contributed by atoms with Crippen LogP contribution in [-0.4, -0.2) is 27.5 Å². The Morgan fingerprint density at radius 2 is 2.27 bits per heavy atom. The number of aromatic nitrogens is 1. The van der Waals surface area contributed by atoms with Crippen molar-refractivity contribution in [3.05, 3.63) is 16.1 Å². The summed E-state index contributed by atoms with van der Waals surface area (Å²) in [5, 5.41) is 11.4. The number of carbonyl (C=O) groups excluding carboxylic acids is 1. The monoisotopic (exact) mass is 226 g/mol. The van der Waals surface area contributed by atoms with Gasteiger partial charge in [0.25, 0.3) is 5.91 Å². The Morgan fingerprint density at radius 1 is 1.60 bits per heavy atom. The van der Waals surface area contributed by atoms with Crippen molar-refractivity contribution >= 4 is 23.2 Å². The average molecular weight is 226 g/mol. The third-order valence-corrected chi connectivity index (χ3v) is 3.39. The van der Waals surface area contributed by atoms with E-state index in [2.05, 4.69) is 10.3 Å². The van der Waals surface area contributed by atoms with Gasteiger partial charge in [0, 0.05) is 0 Å². The van der Waals surface area contributed by atoms with E-state index in [0.717, 1.165) is 0 Å². The standard InChI is InChI=1S/C9H10N2O3S/c1-5-6(15-4-10-5)7(12)11-9(2-3-9)8(13)14/h4H,2-3H2,1H3,(H,11,12)(H,13,14). The van der Waals surface area contributed by atoms with E-state index in [1.54, 1.807) is 12.4 Å². The number of thiazole rings is 1. The Bertz CT molecular complexity index is 423. The minimum atomic E-state index is -1.02. The number of rotatable bonds is 3. The van der Waals surface area contributed by atoms with E-state index in [4.69, 9.17) is 5.11 Å². The van der Waals surface area contributed by atoms with Gasteiger partial charge in [-0.25, -0.2) is 9.78 Å². The molecule has 1 fully saturated rings. The van der Waals surface area contributed by atoms with Gasteiger partial charge in [0.05, 0.1) is 11.2 Å². The molecule has 0 radical (unpaired) electrons. The fraction of sp³-hybridized carbons (Fsp3) is 0.444. The molecule has 2 N–H and O–H groups in total. The van der Waals surface area contributed by atoms with Crippen molar-refractivity contribution in [1.82, 2.24) is 10.3 Å². The van der Waals surface area contributed by atoms with Crippen LogP contribution in [0.25, 0.3) is 0 Å². The minimum Gasteiger partial charge on any atom is -0.480 e. The van der Waals surface area contributed by atoms with Gasteiger partial charge in [-0.05, 0) is 19.8 Å². The lowest BCUT2D eigenvalue weighted by Crippen LogP contribution is -2.42. The van der Waals surface area contributed by atoms with Gasteiger partial charge in [0.2, 0.25) is 0 Å². The number of nitrogens with one attached hydrogen (secondary N) is 1. The zero-order valence-electron chi connectivity index (χ0n) is 8.11. The number of carboxylic acids is 1. The van der Waals surface area contributed by atoms with Gasteiger partial charge in [0.1, 0.15) is 10.4 Å². The fourth-order valence-corrected chi connectivity index (χ4v) is 2.01. The maximum Gasteiger partial charge on any atom is 0.329 e. The van der Waals surface area contributed by atoms with Crippen molar-refractivity contribution < 1.29 is 14.7 Å². The number of hydrogen-bond donors (Lipinski definition) is 2. The van der Waals surface area contributed by atoms with Crippen LogP contribution in [0.4, 0.5) is 0 Å². The van der Waals surface area contributed by atoms with Gasteiger partial charge in [0.15, 0.2) is 0 Å². The summed E-state index contributed by atoms with van der Waals surface area (Å²) < 4.78 is 0. The summed E-state index contributed by atoms with van der Waals surface area (Å²) >= 11 is 1.22. The summed E-state index contributed by atoms with van der Waals surface area (Å²) in [5.41, 5.74) is 1.19. The van der Waals surface area contributed by atoms with E-state index in [-0.39, 0.29) is 5.91 Å². The molecule has 0 atom stereocenters. The quantitative estimate of drug-likeness (QED) is 0.799. The van der Waals surface area contributed by atoms with E-state index in [1.807, 2.05) is 0 Å². The zero-order valence-corrected chi connectivity index (χ0v) is 8.93. The van der Waals surface area contributed by atoms with E-state index in [1.165, 1.54) is 11.3 Å². The Labute approximate surface area is 90.1 Å². The highest BCUT2D eigenvalue weighted by atomic mass is 32.1. The second kappa shape index (κ2) is 3.30. The summed E-state index contributed by atoms with van der Waals surface area (Å²) in [7, 11) is 0. The number of carboxylic acid groups (broad SMARTS) is 1. The Morgan fingerprint density at radius 3 is 2.67 bits per heavy atom. The van der Waals surface area contributed by atoms with Gasteiger partial charge in [-0.3, -0.25) is 4.79 Å². The van der Waals surface area contributed by atoms with Crippen molar-refractivity contribution in [3.63, 3.8) is 0 Å². The number of aryl methyl sites for hydroxylation is 1. The van der Waals surface area contributed by atoms with Crippen LogP contribution in [-0.2, 0) is 4.79 Å². The maximum atomic E-state index is 11.7. The molecule has 0 bridgehead atoms. The van der Waals surface area contributed by atoms with Gasteiger partial charge >= 0.3 is 5.97 Å². The molecule has 1 heterocycles. The lowest BCUT2D eigenvalue weighted by Gasteiger charge is -2.11. The van der Waals surface area contributed by atoms with Gasteiger partial charge < -0.3 is 10.4 Å². The molecule has 0 unspecified atom stereocenters. The molecule has 6 heteroatoms. The predicted octanol–water partition coefficient (Wildman–Crippen LogP) is 0.799. The van der Waals surface area contributed by atoms with Crippen LogP contribution in [0.2, 0.25) is 0 Å². The van der Waals surface area contributed by atoms with Crippen molar-refractivity contribution in [3.8, 4) is 0 Å². The third-order valence-electron chi connectivity index (χ3n) is 2.46. The molecule has 2 rings (SSSR count). The highest BCUT2D eigenvalue weighted by molar-refractivity contribution is 7.11. The number of nitrogens with zero attached hydrogens (tertiary/aromatic N) is 1. The van der Waals surface area contributed by atoms with E-state index < -0.39 is 11.5 Å². The predicted molar refractivity (Wildman–Crippen MR) is 53.9 cm³/mol. The van der Waals surface area contributed by atoms with Gasteiger partial charge in [-0.15, -0.1) is 11.3 Å². The Kier molecular flexibility index (Phi) is 2.22. The van der Waals surface area contributed by atoms with Gasteiger partial charge in [-0.2, -0.15) is 0 Å². The number of carbonyl (C=O) groups is 2. The molecule has 0 aliphatic heterocycles. The Hall–Kier alpha value is -1.43. The summed E-state index contributed by atoms with van der Waals surface area (Å²) in [6.07, 6.45) is 1.01. The molecule has 15 heavy (non-hydrogen) atoms. The molecule has 1 aliphatic carbocycles. The SMILES string of the molecule is Cc1ncsc1C(=O)NC1(C(=O)O)CC1. The molecule has 1 aliphatic rings. The number of hydrogen-bond acceptors (Lipinski definition) is 4. The molecular weight excluding hydrogens is 216 g/mol. The third kappa shape index (κ3) is 1.72. The zero-order chi connectivity index (χ0) is 11.1. The topological polar surface area (TPSA) is 79.3 Å². The van der Waals surface area contributed by atoms with Crippen molar-refractivity contribution in [2.75, 3.05) is 0 Å². The first-order valence-electron chi connectivity index (χ1n) is 4.51. The van der Waals surface area contributed by atoms with E-state index >= 15 is 0 Å². The average Bonchev–Trinajstić information content (AvgIpc) is 2.82. The lowest BCUT2D eigenvalue weighted by molar-refractivity contribution is -0.140. The Balaban J connectivity index is 2.11. The smallest absolute Gasteiger partial charge is 0.329 e. The minimum absolute atomic E-state index is 0.338. The molecule has 1 saturated carbocycles. The van der Waals surface area contributed by atoms with E-state index in [0.29, 0.717) is 23.4 Å². The summed E-state index contributed by atoms with van der Waals surface area (Å²) in [4.78, 5) is 27.0. The van der Waals surface area contributed by atoms with E-state index in [9.17, 15) is 9.59 Å². The second-order valence-corrected chi connectivity index (χ2v) is 4.46. The molecular formula is C9H10N2O3S. The summed E-state index contributed by atoms with van der Waals surface area (Å²) in [5.74, 6) is -1.30. The maximum absolute atomic E-state index is 11.7. The van der Waals surface area contributed by atoms with Crippen LogP contribution in [0.5, 0.6) is 0 Å². The van der Waals surface area contributed by atoms with Crippen molar-refractivity contribution in [1.29, 1.82) is 0 Å². The molecule has 1 aromatic rings. The molecule has 80 valence electrons. The fourth-order valence-electron chi connectivity index (χ4n) is 1.31. The highest BCUT2D eigenvalue weighted by Crippen LogP contribution is 2.36. The van der Waals surface area contributed by atoms with Crippen LogP contribution in [0.15, 0.2) is 5.51 Å². The van der Waals surface area contributed by atoms with Crippen LogP contribution < -0.4 is 5.32 Å². The summed E-state index contributed by atoms with van der Waals surface area (Å²) in [6.45, 7) is 1.73. The first-order chi connectivity index (χ1) is 7.05. The van der Waals surface area contributed by atoms with Crippen LogP contribution >= 0.6 is 11.3 Å². The first kappa shape index (κ1) is 10.1. The first-order valence-corrected chi connectivity index (χ1v) is 5.39. The van der Waals surface area contributed by atoms with Crippen LogP contribution in [0.3, 0.4) is 0 Å². The van der Waals surface area contributed by atoms with Gasteiger partial charge in [-0.1, -0.05) is 0 Å². The largest absolute Gasteiger partial charge is 0.480 e. The highest BCUT2D eigenvalue weighted by Gasteiger charge is 2.51. The van der Waals surface area contributed by atoms with Crippen LogP contribution in [0, 0.1) is 6.92 Å². The number of amides is 1. The molecule has 1 aromatic heterocycles. The summed E-state index contributed by atoms with van der Waals surface area (Å²) in [6, 6.07) is 0. The normalized spacial score (nSPS) is 17.1. The molecule has 0 saturated heterocycles. The molecule has 0 spiro atoms. The molecule has 0 aromatic carbocycles. The second-order valence-electron chi connectivity index (χ2n) is 3.61. The van der Waals surface area contributed by atoms with Crippen molar-refractivity contribution in [2.24, 2.45) is 0 Å². The number of aliphatic carboxylic acids is 1. The molecule has 5 nitrogen and oxygen atoms in total. The van der Waals surface area contributed by atoms with Crippen LogP contribution in [0.1, 0.15) is 28.2 Å². The van der Waals surface area contributed by atoms with Crippen molar-refractivity contribution in [2.45, 2.75) is 25.3 Å². The molecule has 1 amide bonds. The lowest BCUT2D eigenvalue weighted by atomic mass is 10.2.